The predicted octanol–water partition coefficient (Wildman–Crippen LogP) is 0.540. The van der Waals surface area contributed by atoms with Gasteiger partial charge in [-0.1, -0.05) is 12.2 Å². The lowest BCUT2D eigenvalue weighted by atomic mass is 10.3. The van der Waals surface area contributed by atoms with Gasteiger partial charge in [0.2, 0.25) is 0 Å². The molecule has 3 N–H and O–H groups in total. The molecule has 1 aromatic heterocycles. The van der Waals surface area contributed by atoms with Gasteiger partial charge in [0.15, 0.2) is 5.03 Å². The molecule has 0 aromatic carbocycles. The molecule has 0 saturated heterocycles. The van der Waals surface area contributed by atoms with Crippen LogP contribution in [0.3, 0.4) is 0 Å². The molecule has 0 unspecified atom stereocenters. The van der Waals surface area contributed by atoms with Crippen molar-refractivity contribution in [2.24, 2.45) is 5.73 Å². The van der Waals surface area contributed by atoms with Crippen molar-refractivity contribution in [2.45, 2.75) is 18.5 Å². The van der Waals surface area contributed by atoms with E-state index in [0.29, 0.717) is 11.3 Å². The third kappa shape index (κ3) is 2.69. The van der Waals surface area contributed by atoms with Gasteiger partial charge in [-0.25, -0.2) is 8.42 Å². The Bertz CT molecular complexity index is 523. The number of hydrogen-bond donors (Lipinski definition) is 2. The lowest BCUT2D eigenvalue weighted by Crippen LogP contribution is -2.32. The highest BCUT2D eigenvalue weighted by Gasteiger charge is 2.28. The van der Waals surface area contributed by atoms with Crippen LogP contribution in [0.2, 0.25) is 0 Å². The van der Waals surface area contributed by atoms with Crippen LogP contribution in [-0.2, 0) is 16.6 Å². The Morgan fingerprint density at radius 3 is 2.39 bits per heavy atom. The lowest BCUT2D eigenvalue weighted by Gasteiger charge is -2.18. The van der Waals surface area contributed by atoms with Crippen LogP contribution in [-0.4, -0.2) is 36.0 Å². The van der Waals surface area contributed by atoms with Crippen LogP contribution in [0.5, 0.6) is 0 Å². The van der Waals surface area contributed by atoms with E-state index >= 15 is 0 Å². The quantitative estimate of drug-likeness (QED) is 0.707. The zero-order chi connectivity index (χ0) is 13.8. The lowest BCUT2D eigenvalue weighted by molar-refractivity contribution is 0.470. The number of rotatable bonds is 7. The summed E-state index contributed by atoms with van der Waals surface area (Å²) >= 11 is 0. The summed E-state index contributed by atoms with van der Waals surface area (Å²) in [5.74, 6) is 0. The van der Waals surface area contributed by atoms with Gasteiger partial charge in [-0.2, -0.15) is 9.40 Å². The smallest absolute Gasteiger partial charge is 0.263 e. The fourth-order valence-corrected chi connectivity index (χ4v) is 3.12. The van der Waals surface area contributed by atoms with Gasteiger partial charge in [0.1, 0.15) is 0 Å². The van der Waals surface area contributed by atoms with Crippen molar-refractivity contribution in [2.75, 3.05) is 13.1 Å². The second-order valence-corrected chi connectivity index (χ2v) is 5.59. The Morgan fingerprint density at radius 1 is 1.39 bits per heavy atom. The summed E-state index contributed by atoms with van der Waals surface area (Å²) in [5.41, 5.74) is 6.73. The van der Waals surface area contributed by atoms with Crippen LogP contribution >= 0.6 is 0 Å². The van der Waals surface area contributed by atoms with Gasteiger partial charge in [0, 0.05) is 30.9 Å². The number of H-pyrrole nitrogens is 1. The molecule has 0 fully saturated rings. The number of hydrogen-bond acceptors (Lipinski definition) is 4. The molecule has 18 heavy (non-hydrogen) atoms. The maximum Gasteiger partial charge on any atom is 0.263 e. The van der Waals surface area contributed by atoms with Crippen LogP contribution < -0.4 is 5.73 Å². The molecule has 0 aliphatic carbocycles. The molecule has 0 atom stereocenters. The first-order chi connectivity index (χ1) is 8.48. The zero-order valence-corrected chi connectivity index (χ0v) is 11.2. The van der Waals surface area contributed by atoms with E-state index in [1.54, 1.807) is 6.92 Å². The maximum absolute atomic E-state index is 12.4. The Morgan fingerprint density at radius 2 is 1.94 bits per heavy atom. The number of aromatic amines is 1. The predicted molar refractivity (Wildman–Crippen MR) is 70.4 cm³/mol. The van der Waals surface area contributed by atoms with E-state index in [2.05, 4.69) is 23.4 Å². The largest absolute Gasteiger partial charge is 0.326 e. The molecule has 0 aliphatic heterocycles. The third-order valence-electron chi connectivity index (χ3n) is 2.49. The van der Waals surface area contributed by atoms with Crippen molar-refractivity contribution in [3.8, 4) is 0 Å². The summed E-state index contributed by atoms with van der Waals surface area (Å²) in [6.45, 7) is 9.34. The van der Waals surface area contributed by atoms with Gasteiger partial charge in [0.25, 0.3) is 10.0 Å². The monoisotopic (exact) mass is 270 g/mol. The Hall–Kier alpha value is -1.44. The van der Waals surface area contributed by atoms with Crippen molar-refractivity contribution < 1.29 is 8.42 Å². The molecule has 0 spiro atoms. The molecule has 1 aromatic rings. The van der Waals surface area contributed by atoms with Gasteiger partial charge in [-0.3, -0.25) is 5.10 Å². The van der Waals surface area contributed by atoms with Crippen LogP contribution in [0.1, 0.15) is 11.3 Å². The van der Waals surface area contributed by atoms with E-state index in [9.17, 15) is 8.42 Å². The van der Waals surface area contributed by atoms with Crippen molar-refractivity contribution in [1.82, 2.24) is 14.5 Å². The Kier molecular flexibility index (Phi) is 4.83. The normalized spacial score (nSPS) is 11.7. The number of nitrogens with zero attached hydrogens (tertiary/aromatic N) is 2. The fraction of sp³-hybridized carbons (Fsp3) is 0.364. The molecule has 100 valence electrons. The first-order valence-corrected chi connectivity index (χ1v) is 6.88. The summed E-state index contributed by atoms with van der Waals surface area (Å²) in [5, 5.41) is 6.46. The average molecular weight is 270 g/mol. The van der Waals surface area contributed by atoms with E-state index in [0.717, 1.165) is 0 Å². The first-order valence-electron chi connectivity index (χ1n) is 5.44. The van der Waals surface area contributed by atoms with Crippen molar-refractivity contribution in [3.05, 3.63) is 36.6 Å². The molecular formula is C11H18N4O2S. The molecule has 7 heteroatoms. The fourth-order valence-electron chi connectivity index (χ4n) is 1.56. The van der Waals surface area contributed by atoms with Crippen molar-refractivity contribution in [3.63, 3.8) is 0 Å². The third-order valence-corrected chi connectivity index (χ3v) is 4.29. The number of aromatic nitrogens is 2. The molecule has 6 nitrogen and oxygen atoms in total. The zero-order valence-electron chi connectivity index (χ0n) is 10.4. The minimum Gasteiger partial charge on any atom is -0.326 e. The molecule has 0 radical (unpaired) electrons. The van der Waals surface area contributed by atoms with Crippen LogP contribution in [0.4, 0.5) is 0 Å². The summed E-state index contributed by atoms with van der Waals surface area (Å²) < 4.78 is 26.0. The van der Waals surface area contributed by atoms with Gasteiger partial charge >= 0.3 is 0 Å². The van der Waals surface area contributed by atoms with E-state index in [-0.39, 0.29) is 24.7 Å². The molecule has 0 bridgehead atoms. The second kappa shape index (κ2) is 5.94. The number of nitrogens with one attached hydrogen (secondary N) is 1. The first kappa shape index (κ1) is 14.6. The topological polar surface area (TPSA) is 92.1 Å². The van der Waals surface area contributed by atoms with Gasteiger partial charge in [0.05, 0.1) is 0 Å². The summed E-state index contributed by atoms with van der Waals surface area (Å²) in [6, 6.07) is 0. The number of sulfonamides is 1. The van der Waals surface area contributed by atoms with Crippen molar-refractivity contribution >= 4 is 10.0 Å². The Balaban J connectivity index is 3.25. The average Bonchev–Trinajstić information content (AvgIpc) is 2.70. The van der Waals surface area contributed by atoms with Crippen LogP contribution in [0.25, 0.3) is 0 Å². The standard InChI is InChI=1S/C11H18N4O2S/c1-4-6-15(7-5-2)18(16,17)11-10(8-12)9(3)13-14-11/h4-5H,1-2,6-8,12H2,3H3,(H,13,14). The molecular weight excluding hydrogens is 252 g/mol. The molecule has 1 heterocycles. The van der Waals surface area contributed by atoms with Crippen LogP contribution in [0.15, 0.2) is 30.3 Å². The highest BCUT2D eigenvalue weighted by molar-refractivity contribution is 7.89. The molecule has 1 rings (SSSR count). The van der Waals surface area contributed by atoms with E-state index in [1.165, 1.54) is 16.5 Å². The van der Waals surface area contributed by atoms with Crippen molar-refractivity contribution in [1.29, 1.82) is 0 Å². The highest BCUT2D eigenvalue weighted by atomic mass is 32.2. The SMILES string of the molecule is C=CCN(CC=C)S(=O)(=O)c1n[nH]c(C)c1CN. The minimum absolute atomic E-state index is 0.0220. The molecule has 0 aliphatic rings. The summed E-state index contributed by atoms with van der Waals surface area (Å²) in [7, 11) is -3.68. The van der Waals surface area contributed by atoms with Gasteiger partial charge in [-0.05, 0) is 6.92 Å². The summed E-state index contributed by atoms with van der Waals surface area (Å²) in [6.07, 6.45) is 3.03. The molecule has 0 amide bonds. The number of aryl methyl sites for hydroxylation is 1. The van der Waals surface area contributed by atoms with Gasteiger partial charge in [-0.15, -0.1) is 13.2 Å². The molecule has 0 saturated carbocycles. The minimum atomic E-state index is -3.68. The summed E-state index contributed by atoms with van der Waals surface area (Å²) in [4.78, 5) is 0. The van der Waals surface area contributed by atoms with E-state index in [1.807, 2.05) is 0 Å². The maximum atomic E-state index is 12.4. The Labute approximate surface area is 107 Å². The second-order valence-electron chi connectivity index (χ2n) is 3.74. The number of nitrogens with two attached hydrogens (primary N) is 1. The highest BCUT2D eigenvalue weighted by Crippen LogP contribution is 2.19. The van der Waals surface area contributed by atoms with E-state index in [4.69, 9.17) is 5.73 Å². The van der Waals surface area contributed by atoms with Gasteiger partial charge < -0.3 is 5.73 Å². The van der Waals surface area contributed by atoms with E-state index < -0.39 is 10.0 Å². The van der Waals surface area contributed by atoms with Crippen LogP contribution in [0, 0.1) is 6.92 Å².